The van der Waals surface area contributed by atoms with E-state index in [1.54, 1.807) is 36.4 Å². The van der Waals surface area contributed by atoms with Gasteiger partial charge in [-0.25, -0.2) is 9.29 Å². The highest BCUT2D eigenvalue weighted by molar-refractivity contribution is 6.53. The monoisotopic (exact) mass is 491 g/mol. The first kappa shape index (κ1) is 24.2. The zero-order valence-electron chi connectivity index (χ0n) is 19.0. The summed E-state index contributed by atoms with van der Waals surface area (Å²) in [6, 6.07) is 19.3. The van der Waals surface area contributed by atoms with Gasteiger partial charge in [-0.2, -0.15) is 0 Å². The third kappa shape index (κ3) is 5.25. The first-order valence-corrected chi connectivity index (χ1v) is 11.6. The molecule has 178 valence electrons. The molecule has 0 aliphatic carbocycles. The zero-order valence-corrected chi connectivity index (χ0v) is 19.7. The summed E-state index contributed by atoms with van der Waals surface area (Å²) in [5.74, 6) is -2.31. The van der Waals surface area contributed by atoms with Crippen LogP contribution >= 0.6 is 11.6 Å². The number of rotatable bonds is 8. The van der Waals surface area contributed by atoms with Crippen molar-refractivity contribution in [2.75, 3.05) is 15.5 Å². The van der Waals surface area contributed by atoms with E-state index in [2.05, 4.69) is 17.6 Å². The SMILES string of the molecule is CCCCc1ccc(N2C(=O)C(Cl)=C(Nc3cccc(C(=O)Nc4ccccc4F)c3)C2=O)cc1. The average Bonchev–Trinajstić information content (AvgIpc) is 3.07. The van der Waals surface area contributed by atoms with E-state index in [1.807, 2.05) is 12.1 Å². The quantitative estimate of drug-likeness (QED) is 0.387. The number of benzene rings is 3. The molecule has 1 heterocycles. The fourth-order valence-corrected chi connectivity index (χ4v) is 3.89. The number of imide groups is 1. The molecular formula is C27H23ClFN3O3. The van der Waals surface area contributed by atoms with Crippen molar-refractivity contribution in [2.45, 2.75) is 26.2 Å². The Kier molecular flexibility index (Phi) is 7.27. The van der Waals surface area contributed by atoms with Crippen molar-refractivity contribution in [3.8, 4) is 0 Å². The topological polar surface area (TPSA) is 78.5 Å². The first-order valence-electron chi connectivity index (χ1n) is 11.2. The van der Waals surface area contributed by atoms with Gasteiger partial charge >= 0.3 is 0 Å². The average molecular weight is 492 g/mol. The second kappa shape index (κ2) is 10.5. The molecule has 0 unspecified atom stereocenters. The van der Waals surface area contributed by atoms with E-state index in [4.69, 9.17) is 11.6 Å². The number of unbranched alkanes of at least 4 members (excludes halogenated alkanes) is 1. The fourth-order valence-electron chi connectivity index (χ4n) is 3.68. The van der Waals surface area contributed by atoms with E-state index in [0.29, 0.717) is 11.4 Å². The van der Waals surface area contributed by atoms with Crippen LogP contribution in [0.25, 0.3) is 0 Å². The minimum Gasteiger partial charge on any atom is -0.350 e. The second-order valence-electron chi connectivity index (χ2n) is 8.04. The van der Waals surface area contributed by atoms with Crippen molar-refractivity contribution in [1.82, 2.24) is 0 Å². The molecule has 0 saturated carbocycles. The maximum absolute atomic E-state index is 13.9. The summed E-state index contributed by atoms with van der Waals surface area (Å²) < 4.78 is 13.9. The third-order valence-corrected chi connectivity index (χ3v) is 5.91. The lowest BCUT2D eigenvalue weighted by Crippen LogP contribution is -2.32. The maximum Gasteiger partial charge on any atom is 0.283 e. The van der Waals surface area contributed by atoms with Crippen molar-refractivity contribution in [3.63, 3.8) is 0 Å². The molecule has 35 heavy (non-hydrogen) atoms. The molecule has 4 rings (SSSR count). The number of para-hydroxylation sites is 1. The van der Waals surface area contributed by atoms with Crippen LogP contribution in [0, 0.1) is 5.82 Å². The van der Waals surface area contributed by atoms with Gasteiger partial charge in [-0.15, -0.1) is 0 Å². The molecule has 8 heteroatoms. The highest BCUT2D eigenvalue weighted by Crippen LogP contribution is 2.30. The number of nitrogens with zero attached hydrogens (tertiary/aromatic N) is 1. The van der Waals surface area contributed by atoms with Crippen LogP contribution in [0.2, 0.25) is 0 Å². The smallest absolute Gasteiger partial charge is 0.283 e. The van der Waals surface area contributed by atoms with E-state index in [9.17, 15) is 18.8 Å². The van der Waals surface area contributed by atoms with E-state index < -0.39 is 23.5 Å². The van der Waals surface area contributed by atoms with Gasteiger partial charge in [-0.3, -0.25) is 14.4 Å². The number of halogens is 2. The molecule has 2 N–H and O–H groups in total. The summed E-state index contributed by atoms with van der Waals surface area (Å²) in [5.41, 5.74) is 2.11. The van der Waals surface area contributed by atoms with Gasteiger partial charge in [0.2, 0.25) is 0 Å². The van der Waals surface area contributed by atoms with Crippen LogP contribution in [0.1, 0.15) is 35.7 Å². The lowest BCUT2D eigenvalue weighted by Gasteiger charge is -2.16. The third-order valence-electron chi connectivity index (χ3n) is 5.56. The number of hydrogen-bond donors (Lipinski definition) is 2. The summed E-state index contributed by atoms with van der Waals surface area (Å²) in [4.78, 5) is 39.4. The molecule has 0 aromatic heterocycles. The summed E-state index contributed by atoms with van der Waals surface area (Å²) >= 11 is 6.23. The van der Waals surface area contributed by atoms with Crippen LogP contribution in [0.3, 0.4) is 0 Å². The lowest BCUT2D eigenvalue weighted by atomic mass is 10.1. The number of carbonyl (C=O) groups is 3. The number of carbonyl (C=O) groups excluding carboxylic acids is 3. The Morgan fingerprint density at radius 1 is 0.971 bits per heavy atom. The number of anilines is 3. The Morgan fingerprint density at radius 3 is 2.43 bits per heavy atom. The Labute approximate surface area is 207 Å². The molecular weight excluding hydrogens is 469 g/mol. The molecule has 0 saturated heterocycles. The predicted molar refractivity (Wildman–Crippen MR) is 135 cm³/mol. The molecule has 3 amide bonds. The van der Waals surface area contributed by atoms with Crippen molar-refractivity contribution in [3.05, 3.63) is 100 Å². The summed E-state index contributed by atoms with van der Waals surface area (Å²) in [5, 5.41) is 5.13. The number of aryl methyl sites for hydroxylation is 1. The molecule has 3 aromatic carbocycles. The highest BCUT2D eigenvalue weighted by atomic mass is 35.5. The normalized spacial score (nSPS) is 13.4. The van der Waals surface area contributed by atoms with E-state index in [1.165, 1.54) is 24.3 Å². The standard InChI is InChI=1S/C27H23ClFN3O3/c1-2-3-7-17-12-14-20(15-13-17)32-26(34)23(28)24(27(32)35)30-19-9-6-8-18(16-19)25(33)31-22-11-5-4-10-21(22)29/h4-6,8-16,30H,2-3,7H2,1H3,(H,31,33). The molecule has 0 radical (unpaired) electrons. The van der Waals surface area contributed by atoms with Gasteiger partial charge in [0.15, 0.2) is 0 Å². The van der Waals surface area contributed by atoms with Gasteiger partial charge in [0.25, 0.3) is 17.7 Å². The Bertz CT molecular complexity index is 1320. The van der Waals surface area contributed by atoms with Gasteiger partial charge in [-0.1, -0.05) is 55.3 Å². The minimum absolute atomic E-state index is 0.0505. The first-order chi connectivity index (χ1) is 16.9. The Morgan fingerprint density at radius 2 is 1.71 bits per heavy atom. The largest absolute Gasteiger partial charge is 0.350 e. The molecule has 6 nitrogen and oxygen atoms in total. The minimum atomic E-state index is -0.631. The van der Waals surface area contributed by atoms with Gasteiger partial charge in [-0.05, 0) is 60.9 Å². The molecule has 0 fully saturated rings. The van der Waals surface area contributed by atoms with Gasteiger partial charge in [0, 0.05) is 11.3 Å². The second-order valence-corrected chi connectivity index (χ2v) is 8.42. The van der Waals surface area contributed by atoms with Crippen LogP contribution < -0.4 is 15.5 Å². The van der Waals surface area contributed by atoms with Crippen molar-refractivity contribution in [2.24, 2.45) is 0 Å². The van der Waals surface area contributed by atoms with Crippen LogP contribution in [0.5, 0.6) is 0 Å². The number of amides is 3. The van der Waals surface area contributed by atoms with E-state index in [0.717, 1.165) is 29.7 Å². The van der Waals surface area contributed by atoms with Gasteiger partial charge < -0.3 is 10.6 Å². The summed E-state index contributed by atoms with van der Waals surface area (Å²) in [6.45, 7) is 2.11. The Hall–Kier alpha value is -3.97. The molecule has 0 spiro atoms. The van der Waals surface area contributed by atoms with E-state index >= 15 is 0 Å². The predicted octanol–water partition coefficient (Wildman–Crippen LogP) is 5.86. The Balaban J connectivity index is 1.50. The zero-order chi connectivity index (χ0) is 24.9. The molecule has 1 aliphatic heterocycles. The van der Waals surface area contributed by atoms with Gasteiger partial charge in [0.1, 0.15) is 16.5 Å². The maximum atomic E-state index is 13.9. The molecule has 0 bridgehead atoms. The van der Waals surface area contributed by atoms with Crippen molar-refractivity contribution < 1.29 is 18.8 Å². The number of hydrogen-bond acceptors (Lipinski definition) is 4. The van der Waals surface area contributed by atoms with Gasteiger partial charge in [0.05, 0.1) is 11.4 Å². The van der Waals surface area contributed by atoms with Crippen LogP contribution in [0.4, 0.5) is 21.5 Å². The van der Waals surface area contributed by atoms with Crippen LogP contribution in [-0.4, -0.2) is 17.7 Å². The molecule has 3 aromatic rings. The lowest BCUT2D eigenvalue weighted by molar-refractivity contribution is -0.120. The summed E-state index contributed by atoms with van der Waals surface area (Å²) in [6.07, 6.45) is 3.05. The van der Waals surface area contributed by atoms with Crippen molar-refractivity contribution >= 4 is 46.4 Å². The number of nitrogens with one attached hydrogen (secondary N) is 2. The molecule has 1 aliphatic rings. The summed E-state index contributed by atoms with van der Waals surface area (Å²) in [7, 11) is 0. The van der Waals surface area contributed by atoms with Crippen molar-refractivity contribution in [1.29, 1.82) is 0 Å². The molecule has 0 atom stereocenters. The van der Waals surface area contributed by atoms with Crippen LogP contribution in [0.15, 0.2) is 83.5 Å². The fraction of sp³-hybridized carbons (Fsp3) is 0.148. The highest BCUT2D eigenvalue weighted by Gasteiger charge is 2.39. The van der Waals surface area contributed by atoms with E-state index in [-0.39, 0.29) is 22.0 Å². The van der Waals surface area contributed by atoms with Crippen LogP contribution in [-0.2, 0) is 16.0 Å².